The molecule has 0 saturated heterocycles. The molecule has 0 saturated carbocycles. The van der Waals surface area contributed by atoms with Crippen molar-refractivity contribution in [2.75, 3.05) is 14.2 Å². The molecule has 0 bridgehead atoms. The number of nitrogens with one attached hydrogen (secondary N) is 1. The van der Waals surface area contributed by atoms with Gasteiger partial charge in [-0.25, -0.2) is 0 Å². The van der Waals surface area contributed by atoms with Gasteiger partial charge in [0.1, 0.15) is 17.1 Å². The van der Waals surface area contributed by atoms with Crippen LogP contribution in [0.25, 0.3) is 0 Å². The van der Waals surface area contributed by atoms with Gasteiger partial charge in [0.05, 0.1) is 27.4 Å². The number of aliphatic hydroxyl groups excluding tert-OH is 1. The Bertz CT molecular complexity index is 1530. The number of ether oxygens (including phenoxy) is 3. The Morgan fingerprint density at radius 3 is 1.69 bits per heavy atom. The second-order valence-corrected chi connectivity index (χ2v) is 11.9. The van der Waals surface area contributed by atoms with Crippen molar-refractivity contribution in [2.24, 2.45) is 0 Å². The summed E-state index contributed by atoms with van der Waals surface area (Å²) < 4.78 is 17.9. The van der Waals surface area contributed by atoms with Gasteiger partial charge in [-0.3, -0.25) is 4.79 Å². The molecule has 0 aliphatic heterocycles. The minimum Gasteiger partial charge on any atom is -0.550 e. The number of aliphatic carboxylic acids is 1. The summed E-state index contributed by atoms with van der Waals surface area (Å²) in [6.07, 6.45) is 5.66. The van der Waals surface area contributed by atoms with Crippen molar-refractivity contribution in [1.82, 2.24) is 5.32 Å². The Balaban J connectivity index is 0.00000650. The zero-order chi connectivity index (χ0) is 34.2. The van der Waals surface area contributed by atoms with Gasteiger partial charge in [-0.15, -0.1) is 0 Å². The Labute approximate surface area is 302 Å². The summed E-state index contributed by atoms with van der Waals surface area (Å²) in [7, 11) is 3.28. The molecule has 4 rings (SSSR count). The molecule has 0 atom stereocenters. The number of methoxy groups -OCH3 is 2. The summed E-state index contributed by atoms with van der Waals surface area (Å²) in [6.45, 7) is 0.424. The van der Waals surface area contributed by atoms with Gasteiger partial charge in [0.15, 0.2) is 0 Å². The van der Waals surface area contributed by atoms with E-state index in [1.807, 2.05) is 84.9 Å². The summed E-state index contributed by atoms with van der Waals surface area (Å²) in [5.41, 5.74) is 4.28. The third kappa shape index (κ3) is 11.5. The predicted molar refractivity (Wildman–Crippen MR) is 183 cm³/mol. The molecule has 4 aromatic rings. The molecule has 1 amide bonds. The summed E-state index contributed by atoms with van der Waals surface area (Å²) in [5.74, 6) is 0.451. The number of carboxylic acid groups (broad SMARTS) is 1. The van der Waals surface area contributed by atoms with Crippen molar-refractivity contribution in [3.05, 3.63) is 130 Å². The third-order valence-electron chi connectivity index (χ3n) is 8.45. The SMILES string of the molecule is COc1ccc(C(OCc2cc(CO)cc(CNC(=O)CCCCCCCCC(=O)[O-])c2)(c2ccccc2)c2ccc(OC)cc2)cc1.[Li+]. The van der Waals surface area contributed by atoms with Crippen LogP contribution in [-0.2, 0) is 39.7 Å². The van der Waals surface area contributed by atoms with Gasteiger partial charge in [0.25, 0.3) is 0 Å². The van der Waals surface area contributed by atoms with Crippen LogP contribution in [-0.4, -0.2) is 31.2 Å². The molecule has 0 aliphatic rings. The molecule has 8 nitrogen and oxygen atoms in total. The molecule has 0 fully saturated rings. The van der Waals surface area contributed by atoms with E-state index in [0.29, 0.717) is 19.4 Å². The van der Waals surface area contributed by atoms with E-state index in [-0.39, 0.29) is 44.4 Å². The smallest absolute Gasteiger partial charge is 0.550 e. The van der Waals surface area contributed by atoms with E-state index in [9.17, 15) is 19.8 Å². The molecule has 9 heteroatoms. The van der Waals surface area contributed by atoms with Crippen LogP contribution in [0.3, 0.4) is 0 Å². The molecule has 0 aliphatic carbocycles. The first-order chi connectivity index (χ1) is 23.4. The second-order valence-electron chi connectivity index (χ2n) is 11.9. The number of benzene rings is 4. The number of aliphatic hydroxyl groups is 1. The van der Waals surface area contributed by atoms with E-state index in [1.54, 1.807) is 14.2 Å². The molecule has 49 heavy (non-hydrogen) atoms. The average Bonchev–Trinajstić information content (AvgIpc) is 3.12. The van der Waals surface area contributed by atoms with Crippen LogP contribution in [0.15, 0.2) is 97.1 Å². The first-order valence-corrected chi connectivity index (χ1v) is 16.6. The van der Waals surface area contributed by atoms with Gasteiger partial charge in [0, 0.05) is 18.9 Å². The standard InChI is InChI=1S/C40H47NO7.Li/c1-46-36-20-16-34(17-21-36)40(33-12-8-7-9-13-33,35-18-22-37(47-2)23-19-35)48-29-32-25-30(24-31(26-32)28-42)27-41-38(43)14-10-5-3-4-6-11-15-39(44)45;/h7-9,12-13,16-26,42H,3-6,10-11,14-15,27-29H2,1-2H3,(H,41,43)(H,44,45);/q;+1/p-1. The minimum absolute atomic E-state index is 0. The number of carboxylic acids is 1. The largest absolute Gasteiger partial charge is 1.00 e. The molecule has 2 N–H and O–H groups in total. The fraction of sp³-hybridized carbons (Fsp3) is 0.350. The molecular formula is C40H46LiNO7. The van der Waals surface area contributed by atoms with E-state index in [4.69, 9.17) is 14.2 Å². The molecule has 0 aromatic heterocycles. The van der Waals surface area contributed by atoms with Gasteiger partial charge in [-0.05, 0) is 76.9 Å². The summed E-state index contributed by atoms with van der Waals surface area (Å²) in [5, 5.41) is 23.6. The second kappa shape index (κ2) is 20.4. The maximum Gasteiger partial charge on any atom is 1.00 e. The van der Waals surface area contributed by atoms with Gasteiger partial charge in [-0.1, -0.05) is 98.5 Å². The van der Waals surface area contributed by atoms with E-state index in [0.717, 1.165) is 77.0 Å². The first kappa shape index (κ1) is 39.4. The van der Waals surface area contributed by atoms with Crippen LogP contribution in [0.2, 0.25) is 0 Å². The van der Waals surface area contributed by atoms with Crippen molar-refractivity contribution >= 4 is 11.9 Å². The quantitative estimate of drug-likeness (QED) is 0.0851. The first-order valence-electron chi connectivity index (χ1n) is 16.6. The van der Waals surface area contributed by atoms with Crippen molar-refractivity contribution < 1.29 is 52.9 Å². The van der Waals surface area contributed by atoms with Crippen LogP contribution in [0.4, 0.5) is 0 Å². The molecule has 4 aromatic carbocycles. The predicted octanol–water partition coefficient (Wildman–Crippen LogP) is 3.20. The normalized spacial score (nSPS) is 11.0. The number of hydrogen-bond acceptors (Lipinski definition) is 7. The Morgan fingerprint density at radius 1 is 0.673 bits per heavy atom. The number of carbonyl (C=O) groups is 2. The monoisotopic (exact) mass is 659 g/mol. The molecular weight excluding hydrogens is 613 g/mol. The van der Waals surface area contributed by atoms with Crippen molar-refractivity contribution in [3.8, 4) is 11.5 Å². The molecule has 0 spiro atoms. The summed E-state index contributed by atoms with van der Waals surface area (Å²) >= 11 is 0. The van der Waals surface area contributed by atoms with Crippen LogP contribution >= 0.6 is 0 Å². The number of unbranched alkanes of at least 4 members (excludes halogenated alkanes) is 5. The van der Waals surface area contributed by atoms with Crippen LogP contribution in [0.5, 0.6) is 11.5 Å². The van der Waals surface area contributed by atoms with Crippen molar-refractivity contribution in [1.29, 1.82) is 0 Å². The van der Waals surface area contributed by atoms with Gasteiger partial charge >= 0.3 is 18.9 Å². The summed E-state index contributed by atoms with van der Waals surface area (Å²) in [4.78, 5) is 23.1. The van der Waals surface area contributed by atoms with E-state index in [1.165, 1.54) is 0 Å². The van der Waals surface area contributed by atoms with Gasteiger partial charge < -0.3 is 34.5 Å². The minimum atomic E-state index is -1.00. The van der Waals surface area contributed by atoms with Crippen LogP contribution in [0.1, 0.15) is 84.7 Å². The average molecular weight is 660 g/mol. The van der Waals surface area contributed by atoms with E-state index < -0.39 is 11.6 Å². The van der Waals surface area contributed by atoms with Crippen molar-refractivity contribution in [3.63, 3.8) is 0 Å². The zero-order valence-electron chi connectivity index (χ0n) is 28.9. The van der Waals surface area contributed by atoms with Crippen LogP contribution < -0.4 is 38.8 Å². The van der Waals surface area contributed by atoms with E-state index >= 15 is 0 Å². The number of rotatable bonds is 20. The van der Waals surface area contributed by atoms with Crippen LogP contribution in [0, 0.1) is 0 Å². The van der Waals surface area contributed by atoms with Gasteiger partial charge in [-0.2, -0.15) is 0 Å². The third-order valence-corrected chi connectivity index (χ3v) is 8.45. The number of amides is 1. The maximum absolute atomic E-state index is 12.6. The fourth-order valence-corrected chi connectivity index (χ4v) is 5.93. The molecule has 0 radical (unpaired) electrons. The van der Waals surface area contributed by atoms with Gasteiger partial charge in [0.2, 0.25) is 5.91 Å². The Hall–Kier alpha value is -4.06. The maximum atomic E-state index is 12.6. The summed E-state index contributed by atoms with van der Waals surface area (Å²) in [6, 6.07) is 31.6. The zero-order valence-corrected chi connectivity index (χ0v) is 28.9. The van der Waals surface area contributed by atoms with E-state index in [2.05, 4.69) is 17.4 Å². The molecule has 0 heterocycles. The Morgan fingerprint density at radius 2 is 1.16 bits per heavy atom. The topological polar surface area (TPSA) is 117 Å². The fourth-order valence-electron chi connectivity index (χ4n) is 5.93. The van der Waals surface area contributed by atoms with Crippen molar-refractivity contribution in [2.45, 2.75) is 76.7 Å². The number of carbonyl (C=O) groups excluding carboxylic acids is 2. The Kier molecular flexibility index (Phi) is 16.4. The molecule has 254 valence electrons. The molecule has 0 unspecified atom stereocenters. The number of hydrogen-bond donors (Lipinski definition) is 2.